The van der Waals surface area contributed by atoms with E-state index < -0.39 is 0 Å². The van der Waals surface area contributed by atoms with E-state index in [1.807, 2.05) is 0 Å². The predicted octanol–water partition coefficient (Wildman–Crippen LogP) is 0.184. The average Bonchev–Trinajstić information content (AvgIpc) is 2.11. The second-order valence-corrected chi connectivity index (χ2v) is 4.87. The first-order chi connectivity index (χ1) is 5.94. The van der Waals surface area contributed by atoms with Gasteiger partial charge in [0.2, 0.25) is 0 Å². The van der Waals surface area contributed by atoms with Crippen LogP contribution in [-0.4, -0.2) is 74.6 Å². The first kappa shape index (κ1) is 11.0. The third-order valence-corrected chi connectivity index (χ3v) is 3.16. The molecule has 0 aromatic carbocycles. The second kappa shape index (κ2) is 3.95. The number of likely N-dealkylation sites (N-methyl/N-ethyl adjacent to an activating group) is 3. The van der Waals surface area contributed by atoms with Crippen molar-refractivity contribution in [2.75, 3.05) is 54.4 Å². The number of hydrogen-bond acceptors (Lipinski definition) is 3. The smallest absolute Gasteiger partial charge is 0.0428 e. The fourth-order valence-electron chi connectivity index (χ4n) is 2.00. The quantitative estimate of drug-likeness (QED) is 0.577. The van der Waals surface area contributed by atoms with Gasteiger partial charge in [-0.05, 0) is 35.1 Å². The Morgan fingerprint density at radius 2 is 1.38 bits per heavy atom. The van der Waals surface area contributed by atoms with E-state index >= 15 is 0 Å². The maximum Gasteiger partial charge on any atom is 0.0428 e. The molecule has 3 nitrogen and oxygen atoms in total. The Morgan fingerprint density at radius 3 is 1.69 bits per heavy atom. The van der Waals surface area contributed by atoms with Crippen LogP contribution >= 0.6 is 0 Å². The molecular weight excluding hydrogens is 162 g/mol. The maximum absolute atomic E-state index is 2.42. The summed E-state index contributed by atoms with van der Waals surface area (Å²) in [5.41, 5.74) is 0.292. The van der Waals surface area contributed by atoms with Gasteiger partial charge in [0.1, 0.15) is 0 Å². The molecule has 13 heavy (non-hydrogen) atoms. The zero-order valence-electron chi connectivity index (χ0n) is 9.67. The molecule has 1 saturated heterocycles. The molecule has 0 spiro atoms. The molecule has 0 saturated carbocycles. The van der Waals surface area contributed by atoms with Crippen LogP contribution in [0.25, 0.3) is 0 Å². The molecule has 0 aliphatic carbocycles. The Kier molecular flexibility index (Phi) is 3.33. The van der Waals surface area contributed by atoms with Gasteiger partial charge in [-0.2, -0.15) is 0 Å². The monoisotopic (exact) mass is 185 g/mol. The summed E-state index contributed by atoms with van der Waals surface area (Å²) in [7, 11) is 8.77. The molecule has 1 fully saturated rings. The molecule has 0 unspecified atom stereocenters. The van der Waals surface area contributed by atoms with Crippen molar-refractivity contribution in [1.29, 1.82) is 0 Å². The molecule has 1 rings (SSSR count). The summed E-state index contributed by atoms with van der Waals surface area (Å²) in [6.45, 7) is 7.01. The molecule has 0 aromatic rings. The summed E-state index contributed by atoms with van der Waals surface area (Å²) >= 11 is 0. The van der Waals surface area contributed by atoms with Gasteiger partial charge in [-0.15, -0.1) is 0 Å². The summed E-state index contributed by atoms with van der Waals surface area (Å²) < 4.78 is 0. The van der Waals surface area contributed by atoms with Gasteiger partial charge in [0.15, 0.2) is 0 Å². The largest absolute Gasteiger partial charge is 0.303 e. The minimum Gasteiger partial charge on any atom is -0.303 e. The van der Waals surface area contributed by atoms with Crippen LogP contribution in [0.15, 0.2) is 0 Å². The van der Waals surface area contributed by atoms with Crippen molar-refractivity contribution in [1.82, 2.24) is 14.7 Å². The van der Waals surface area contributed by atoms with Crippen LogP contribution in [0.4, 0.5) is 0 Å². The highest BCUT2D eigenvalue weighted by Crippen LogP contribution is 2.16. The Bertz CT molecular complexity index is 156. The van der Waals surface area contributed by atoms with E-state index in [0.29, 0.717) is 5.54 Å². The van der Waals surface area contributed by atoms with Crippen LogP contribution < -0.4 is 0 Å². The summed E-state index contributed by atoms with van der Waals surface area (Å²) in [5, 5.41) is 0. The fourth-order valence-corrected chi connectivity index (χ4v) is 2.00. The van der Waals surface area contributed by atoms with Crippen molar-refractivity contribution in [2.24, 2.45) is 0 Å². The lowest BCUT2D eigenvalue weighted by atomic mass is 10.0. The van der Waals surface area contributed by atoms with Crippen LogP contribution in [0, 0.1) is 0 Å². The van der Waals surface area contributed by atoms with Crippen LogP contribution in [0.5, 0.6) is 0 Å². The van der Waals surface area contributed by atoms with E-state index in [2.05, 4.69) is 49.8 Å². The maximum atomic E-state index is 2.42. The Hall–Kier alpha value is -0.120. The topological polar surface area (TPSA) is 9.72 Å². The Morgan fingerprint density at radius 1 is 1.00 bits per heavy atom. The van der Waals surface area contributed by atoms with Gasteiger partial charge in [0.25, 0.3) is 0 Å². The standard InChI is InChI=1S/C10H23N3/c1-10(11(2)3)8-12(4)6-7-13(5)9-10/h6-9H2,1-5H3. The SMILES string of the molecule is CN1CCN(C)CC(C)(N(C)C)C1. The van der Waals surface area contributed by atoms with Crippen LogP contribution in [-0.2, 0) is 0 Å². The summed E-state index contributed by atoms with van der Waals surface area (Å²) in [4.78, 5) is 7.18. The van der Waals surface area contributed by atoms with Gasteiger partial charge in [-0.3, -0.25) is 0 Å². The van der Waals surface area contributed by atoms with Crippen molar-refractivity contribution in [3.05, 3.63) is 0 Å². The van der Waals surface area contributed by atoms with E-state index in [0.717, 1.165) is 13.1 Å². The molecule has 1 aliphatic heterocycles. The summed E-state index contributed by atoms with van der Waals surface area (Å²) in [5.74, 6) is 0. The van der Waals surface area contributed by atoms with E-state index in [1.165, 1.54) is 13.1 Å². The van der Waals surface area contributed by atoms with Crippen molar-refractivity contribution in [2.45, 2.75) is 12.5 Å². The molecule has 0 amide bonds. The zero-order valence-corrected chi connectivity index (χ0v) is 9.67. The summed E-state index contributed by atoms with van der Waals surface area (Å²) in [6, 6.07) is 0. The molecule has 3 heteroatoms. The van der Waals surface area contributed by atoms with Crippen molar-refractivity contribution in [3.8, 4) is 0 Å². The second-order valence-electron chi connectivity index (χ2n) is 4.87. The molecule has 1 aliphatic rings. The van der Waals surface area contributed by atoms with Crippen LogP contribution in [0.1, 0.15) is 6.92 Å². The summed E-state index contributed by atoms with van der Waals surface area (Å²) in [6.07, 6.45) is 0. The van der Waals surface area contributed by atoms with E-state index in [4.69, 9.17) is 0 Å². The lowest BCUT2D eigenvalue weighted by Gasteiger charge is -2.38. The predicted molar refractivity (Wildman–Crippen MR) is 57.1 cm³/mol. The fraction of sp³-hybridized carbons (Fsp3) is 1.00. The molecule has 0 radical (unpaired) electrons. The first-order valence-electron chi connectivity index (χ1n) is 4.98. The van der Waals surface area contributed by atoms with Gasteiger partial charge in [0, 0.05) is 31.7 Å². The lowest BCUT2D eigenvalue weighted by Crippen LogP contribution is -2.53. The van der Waals surface area contributed by atoms with Crippen molar-refractivity contribution in [3.63, 3.8) is 0 Å². The Balaban J connectivity index is 2.71. The zero-order chi connectivity index (χ0) is 10.1. The minimum atomic E-state index is 0.292. The number of rotatable bonds is 1. The Labute approximate surface area is 82.3 Å². The average molecular weight is 185 g/mol. The highest BCUT2D eigenvalue weighted by molar-refractivity contribution is 4.90. The highest BCUT2D eigenvalue weighted by Gasteiger charge is 2.31. The van der Waals surface area contributed by atoms with Gasteiger partial charge in [0.05, 0.1) is 0 Å². The van der Waals surface area contributed by atoms with Crippen molar-refractivity contribution < 1.29 is 0 Å². The van der Waals surface area contributed by atoms with Crippen LogP contribution in [0.3, 0.4) is 0 Å². The van der Waals surface area contributed by atoms with Gasteiger partial charge in [-0.1, -0.05) is 0 Å². The van der Waals surface area contributed by atoms with Gasteiger partial charge < -0.3 is 14.7 Å². The van der Waals surface area contributed by atoms with Crippen molar-refractivity contribution >= 4 is 0 Å². The van der Waals surface area contributed by atoms with Gasteiger partial charge in [-0.25, -0.2) is 0 Å². The van der Waals surface area contributed by atoms with Gasteiger partial charge >= 0.3 is 0 Å². The first-order valence-corrected chi connectivity index (χ1v) is 4.98. The lowest BCUT2D eigenvalue weighted by molar-refractivity contribution is 0.113. The van der Waals surface area contributed by atoms with E-state index in [-0.39, 0.29) is 0 Å². The molecule has 0 N–H and O–H groups in total. The normalized spacial score (nSPS) is 26.3. The van der Waals surface area contributed by atoms with E-state index in [1.54, 1.807) is 0 Å². The van der Waals surface area contributed by atoms with Crippen LogP contribution in [0.2, 0.25) is 0 Å². The molecule has 0 atom stereocenters. The molecule has 0 aromatic heterocycles. The highest BCUT2D eigenvalue weighted by atomic mass is 15.3. The molecule has 1 heterocycles. The number of hydrogen-bond donors (Lipinski definition) is 0. The number of nitrogens with zero attached hydrogens (tertiary/aromatic N) is 3. The van der Waals surface area contributed by atoms with E-state index in [9.17, 15) is 0 Å². The molecule has 0 bridgehead atoms. The molecular formula is C10H23N3. The third-order valence-electron chi connectivity index (χ3n) is 3.16. The third kappa shape index (κ3) is 2.66. The minimum absolute atomic E-state index is 0.292. The molecule has 78 valence electrons.